The monoisotopic (exact) mass is 815 g/mol. The first-order chi connectivity index (χ1) is 31.8. The Morgan fingerprint density at radius 2 is 0.781 bits per heavy atom. The predicted molar refractivity (Wildman–Crippen MR) is 266 cm³/mol. The Labute approximate surface area is 373 Å². The normalized spacial score (nSPS) is 14.3. The second-order valence-corrected chi connectivity index (χ2v) is 16.8. The summed E-state index contributed by atoms with van der Waals surface area (Å²) >= 11 is 0. The minimum Gasteiger partial charge on any atom is -0.310 e. The number of rotatable bonds is 7. The summed E-state index contributed by atoms with van der Waals surface area (Å²) in [5.74, 6) is 0. The van der Waals surface area contributed by atoms with Crippen molar-refractivity contribution in [3.8, 4) is 27.9 Å². The SMILES string of the molecule is c1ccc(N(c2ccccc2)c2ccc3c(c2)-c2ccccc2C32c3ccccc3-c3ccc(N(c4ccccc4)c4cccc5c6ccccc6n(-c6ccccc6)c45)cc32)cc1. The molecule has 13 rings (SSSR count). The Bertz CT molecular complexity index is 3520. The summed E-state index contributed by atoms with van der Waals surface area (Å²) in [5.41, 5.74) is 20.0. The van der Waals surface area contributed by atoms with Gasteiger partial charge in [0.25, 0.3) is 0 Å². The maximum absolute atomic E-state index is 2.50. The lowest BCUT2D eigenvalue weighted by molar-refractivity contribution is 0.793. The summed E-state index contributed by atoms with van der Waals surface area (Å²) in [6, 6.07) is 91.2. The first kappa shape index (κ1) is 36.3. The van der Waals surface area contributed by atoms with Gasteiger partial charge in [-0.05, 0) is 129 Å². The molecule has 0 radical (unpaired) electrons. The van der Waals surface area contributed by atoms with Crippen LogP contribution < -0.4 is 9.80 Å². The Kier molecular flexibility index (Phi) is 8.13. The van der Waals surface area contributed by atoms with Gasteiger partial charge < -0.3 is 14.4 Å². The number of aromatic nitrogens is 1. The van der Waals surface area contributed by atoms with E-state index in [9.17, 15) is 0 Å². The van der Waals surface area contributed by atoms with Gasteiger partial charge in [-0.15, -0.1) is 0 Å². The molecule has 0 N–H and O–H groups in total. The second-order valence-electron chi connectivity index (χ2n) is 16.8. The summed E-state index contributed by atoms with van der Waals surface area (Å²) in [4.78, 5) is 4.84. The topological polar surface area (TPSA) is 11.4 Å². The molecule has 0 bridgehead atoms. The molecule has 1 atom stereocenters. The largest absolute Gasteiger partial charge is 0.310 e. The zero-order chi connectivity index (χ0) is 42.2. The van der Waals surface area contributed by atoms with Crippen LogP contribution >= 0.6 is 0 Å². The minimum absolute atomic E-state index is 0.538. The molecule has 0 saturated carbocycles. The lowest BCUT2D eigenvalue weighted by atomic mass is 9.70. The molecule has 0 fully saturated rings. The molecule has 3 nitrogen and oxygen atoms in total. The van der Waals surface area contributed by atoms with Gasteiger partial charge in [-0.1, -0.05) is 164 Å². The molecule has 0 saturated heterocycles. The zero-order valence-corrected chi connectivity index (χ0v) is 35.0. The highest BCUT2D eigenvalue weighted by Crippen LogP contribution is 2.64. The molecule has 10 aromatic carbocycles. The van der Waals surface area contributed by atoms with Gasteiger partial charge in [-0.3, -0.25) is 0 Å². The van der Waals surface area contributed by atoms with Crippen LogP contribution in [0.5, 0.6) is 0 Å². The number of hydrogen-bond donors (Lipinski definition) is 0. The Morgan fingerprint density at radius 1 is 0.297 bits per heavy atom. The lowest BCUT2D eigenvalue weighted by Gasteiger charge is -2.33. The molecule has 64 heavy (non-hydrogen) atoms. The van der Waals surface area contributed by atoms with Gasteiger partial charge in [0, 0.05) is 44.9 Å². The van der Waals surface area contributed by atoms with Crippen molar-refractivity contribution in [2.45, 2.75) is 5.41 Å². The molecule has 3 heteroatoms. The Hall–Kier alpha value is -8.40. The van der Waals surface area contributed by atoms with Crippen LogP contribution in [0.1, 0.15) is 22.3 Å². The van der Waals surface area contributed by atoms with Crippen LogP contribution in [-0.2, 0) is 5.41 Å². The fourth-order valence-electron chi connectivity index (χ4n) is 11.0. The summed E-state index contributed by atoms with van der Waals surface area (Å²) in [5, 5.41) is 2.45. The third-order valence-corrected chi connectivity index (χ3v) is 13.5. The maximum atomic E-state index is 2.50. The summed E-state index contributed by atoms with van der Waals surface area (Å²) in [6.45, 7) is 0. The molecule has 0 aliphatic heterocycles. The van der Waals surface area contributed by atoms with Crippen LogP contribution in [0.4, 0.5) is 34.1 Å². The van der Waals surface area contributed by atoms with E-state index in [4.69, 9.17) is 0 Å². The van der Waals surface area contributed by atoms with E-state index in [1.54, 1.807) is 0 Å². The number of hydrogen-bond acceptors (Lipinski definition) is 2. The molecule has 1 unspecified atom stereocenters. The number of nitrogens with zero attached hydrogens (tertiary/aromatic N) is 3. The summed E-state index contributed by atoms with van der Waals surface area (Å²) in [6.07, 6.45) is 0. The first-order valence-corrected chi connectivity index (χ1v) is 22.1. The van der Waals surface area contributed by atoms with Gasteiger partial charge in [-0.2, -0.15) is 0 Å². The van der Waals surface area contributed by atoms with Crippen molar-refractivity contribution in [3.05, 3.63) is 271 Å². The minimum atomic E-state index is -0.538. The smallest absolute Gasteiger partial charge is 0.0782 e. The van der Waals surface area contributed by atoms with E-state index in [1.807, 2.05) is 0 Å². The predicted octanol–water partition coefficient (Wildman–Crippen LogP) is 16.1. The van der Waals surface area contributed by atoms with Crippen molar-refractivity contribution in [3.63, 3.8) is 0 Å². The van der Waals surface area contributed by atoms with Crippen LogP contribution in [-0.4, -0.2) is 4.57 Å². The average molecular weight is 816 g/mol. The van der Waals surface area contributed by atoms with Crippen molar-refractivity contribution in [1.29, 1.82) is 0 Å². The van der Waals surface area contributed by atoms with E-state index in [0.717, 1.165) is 39.8 Å². The molecule has 2 aliphatic rings. The van der Waals surface area contributed by atoms with Gasteiger partial charge in [0.05, 0.1) is 22.1 Å². The molecular weight excluding hydrogens is 775 g/mol. The average Bonchev–Trinajstić information content (AvgIpc) is 3.97. The fraction of sp³-hybridized carbons (Fsp3) is 0.0164. The van der Waals surface area contributed by atoms with E-state index in [2.05, 4.69) is 263 Å². The van der Waals surface area contributed by atoms with Crippen LogP contribution in [0.25, 0.3) is 49.7 Å². The van der Waals surface area contributed by atoms with E-state index < -0.39 is 5.41 Å². The molecule has 300 valence electrons. The number of anilines is 6. The van der Waals surface area contributed by atoms with Gasteiger partial charge in [0.15, 0.2) is 0 Å². The highest BCUT2D eigenvalue weighted by Gasteiger charge is 2.52. The van der Waals surface area contributed by atoms with Gasteiger partial charge >= 0.3 is 0 Å². The maximum Gasteiger partial charge on any atom is 0.0782 e. The van der Waals surface area contributed by atoms with Crippen LogP contribution in [0.3, 0.4) is 0 Å². The molecule has 1 spiro atoms. The lowest BCUT2D eigenvalue weighted by Crippen LogP contribution is -2.26. The quantitative estimate of drug-likeness (QED) is 0.159. The highest BCUT2D eigenvalue weighted by molar-refractivity contribution is 6.14. The van der Waals surface area contributed by atoms with E-state index in [0.29, 0.717) is 0 Å². The van der Waals surface area contributed by atoms with Crippen molar-refractivity contribution in [1.82, 2.24) is 4.57 Å². The van der Waals surface area contributed by atoms with Crippen molar-refractivity contribution < 1.29 is 0 Å². The fourth-order valence-corrected chi connectivity index (χ4v) is 11.0. The van der Waals surface area contributed by atoms with Gasteiger partial charge in [-0.25, -0.2) is 0 Å². The highest BCUT2D eigenvalue weighted by atomic mass is 15.2. The number of fused-ring (bicyclic) bond motifs is 13. The molecule has 1 heterocycles. The van der Waals surface area contributed by atoms with Crippen molar-refractivity contribution in [2.75, 3.05) is 9.80 Å². The molecule has 1 aromatic heterocycles. The van der Waals surface area contributed by atoms with Crippen LogP contribution in [0.2, 0.25) is 0 Å². The summed E-state index contributed by atoms with van der Waals surface area (Å²) in [7, 11) is 0. The molecule has 11 aromatic rings. The number of benzene rings is 10. The van der Waals surface area contributed by atoms with Crippen molar-refractivity contribution in [2.24, 2.45) is 0 Å². The Morgan fingerprint density at radius 3 is 1.45 bits per heavy atom. The molecular formula is C61H41N3. The number of para-hydroxylation sites is 6. The molecule has 0 amide bonds. The standard InChI is InChI=1S/C61H41N3/c1-5-20-42(21-6-1)62(43-22-7-2-8-23-43)46-37-39-56-53(40-46)49-29-14-17-33-55(49)61(56)54-32-16-13-28-48(54)50-38-36-47(41-57(50)61)63(44-24-9-3-10-25-44)59-35-19-31-52-51-30-15-18-34-58(51)64(60(52)59)45-26-11-4-12-27-45/h1-41H. The molecule has 2 aliphatic carbocycles. The third-order valence-electron chi connectivity index (χ3n) is 13.5. The van der Waals surface area contributed by atoms with E-state index in [-0.39, 0.29) is 0 Å². The third kappa shape index (κ3) is 5.22. The van der Waals surface area contributed by atoms with Crippen LogP contribution in [0.15, 0.2) is 249 Å². The Balaban J connectivity index is 1.07. The van der Waals surface area contributed by atoms with Gasteiger partial charge in [0.2, 0.25) is 0 Å². The first-order valence-electron chi connectivity index (χ1n) is 22.1. The van der Waals surface area contributed by atoms with E-state index >= 15 is 0 Å². The van der Waals surface area contributed by atoms with Crippen molar-refractivity contribution >= 4 is 55.9 Å². The second kappa shape index (κ2) is 14.3. The van der Waals surface area contributed by atoms with E-state index in [1.165, 1.54) is 66.3 Å². The summed E-state index contributed by atoms with van der Waals surface area (Å²) < 4.78 is 2.44. The van der Waals surface area contributed by atoms with Gasteiger partial charge in [0.1, 0.15) is 0 Å². The van der Waals surface area contributed by atoms with Crippen LogP contribution in [0, 0.1) is 0 Å². The zero-order valence-electron chi connectivity index (χ0n) is 35.0.